The summed E-state index contributed by atoms with van der Waals surface area (Å²) in [5.74, 6) is 0. The van der Waals surface area contributed by atoms with Gasteiger partial charge in [-0.05, 0) is 85.0 Å². The van der Waals surface area contributed by atoms with E-state index in [4.69, 9.17) is 0 Å². The predicted molar refractivity (Wildman–Crippen MR) is 89.6 cm³/mol. The molecule has 0 saturated carbocycles. The normalized spacial score (nSPS) is 10.9. The van der Waals surface area contributed by atoms with Crippen LogP contribution in [-0.4, -0.2) is 0 Å². The summed E-state index contributed by atoms with van der Waals surface area (Å²) in [5.41, 5.74) is 11.3. The summed E-state index contributed by atoms with van der Waals surface area (Å²) in [6.45, 7) is 13.4. The van der Waals surface area contributed by atoms with E-state index < -0.39 is 0 Å². The van der Waals surface area contributed by atoms with E-state index in [0.717, 1.165) is 12.8 Å². The van der Waals surface area contributed by atoms with Gasteiger partial charge in [0.15, 0.2) is 0 Å². The first-order valence-electron chi connectivity index (χ1n) is 7.68. The second-order valence-corrected chi connectivity index (χ2v) is 5.86. The fourth-order valence-electron chi connectivity index (χ4n) is 2.93. The van der Waals surface area contributed by atoms with Crippen LogP contribution >= 0.6 is 0 Å². The smallest absolute Gasteiger partial charge is 0.0178 e. The molecular weight excluding hydrogens is 240 g/mol. The van der Waals surface area contributed by atoms with E-state index >= 15 is 0 Å². The van der Waals surface area contributed by atoms with Crippen LogP contribution in [0.1, 0.15) is 47.2 Å². The molecule has 0 aromatic heterocycles. The molecule has 20 heavy (non-hydrogen) atoms. The van der Waals surface area contributed by atoms with Gasteiger partial charge < -0.3 is 0 Å². The molecule has 0 spiro atoms. The topological polar surface area (TPSA) is 0 Å². The van der Waals surface area contributed by atoms with Crippen LogP contribution in [0.4, 0.5) is 0 Å². The monoisotopic (exact) mass is 266 g/mol. The zero-order valence-electron chi connectivity index (χ0n) is 13.7. The fraction of sp³-hybridized carbons (Fsp3) is 0.400. The van der Waals surface area contributed by atoms with Gasteiger partial charge in [-0.25, -0.2) is 0 Å². The number of hydrogen-bond donors (Lipinski definition) is 0. The average Bonchev–Trinajstić information content (AvgIpc) is 2.44. The lowest BCUT2D eigenvalue weighted by Crippen LogP contribution is -1.95. The summed E-state index contributed by atoms with van der Waals surface area (Å²) in [5, 5.41) is 0. The van der Waals surface area contributed by atoms with Crippen molar-refractivity contribution < 1.29 is 0 Å². The van der Waals surface area contributed by atoms with Crippen molar-refractivity contribution >= 4 is 0 Å². The molecule has 2 aromatic carbocycles. The van der Waals surface area contributed by atoms with Crippen molar-refractivity contribution in [1.29, 1.82) is 0 Å². The fourth-order valence-corrected chi connectivity index (χ4v) is 2.93. The van der Waals surface area contributed by atoms with Gasteiger partial charge in [-0.3, -0.25) is 0 Å². The Kier molecular flexibility index (Phi) is 4.32. The van der Waals surface area contributed by atoms with Crippen LogP contribution < -0.4 is 0 Å². The third-order valence-electron chi connectivity index (χ3n) is 4.64. The summed E-state index contributed by atoms with van der Waals surface area (Å²) in [6, 6.07) is 9.40. The van der Waals surface area contributed by atoms with Crippen molar-refractivity contribution in [3.05, 3.63) is 57.6 Å². The van der Waals surface area contributed by atoms with E-state index in [-0.39, 0.29) is 0 Å². The maximum atomic E-state index is 2.37. The number of rotatable bonds is 3. The van der Waals surface area contributed by atoms with Crippen molar-refractivity contribution in [2.24, 2.45) is 0 Å². The van der Waals surface area contributed by atoms with Gasteiger partial charge in [0.1, 0.15) is 0 Å². The SMILES string of the molecule is CCc1cc(-c2cc(C)c(C)c(CC)c2)cc(C)c1C. The van der Waals surface area contributed by atoms with Crippen LogP contribution in [0, 0.1) is 27.7 Å². The molecule has 0 unspecified atom stereocenters. The highest BCUT2D eigenvalue weighted by molar-refractivity contribution is 5.68. The lowest BCUT2D eigenvalue weighted by molar-refractivity contribution is 1.09. The summed E-state index contributed by atoms with van der Waals surface area (Å²) >= 11 is 0. The maximum absolute atomic E-state index is 2.37. The predicted octanol–water partition coefficient (Wildman–Crippen LogP) is 5.71. The van der Waals surface area contributed by atoms with Gasteiger partial charge in [0.2, 0.25) is 0 Å². The van der Waals surface area contributed by atoms with Crippen LogP contribution in [0.15, 0.2) is 24.3 Å². The van der Waals surface area contributed by atoms with E-state index in [1.807, 2.05) is 0 Å². The van der Waals surface area contributed by atoms with Gasteiger partial charge in [0, 0.05) is 0 Å². The first kappa shape index (κ1) is 14.8. The number of aryl methyl sites for hydroxylation is 4. The molecule has 0 heteroatoms. The molecule has 0 aliphatic heterocycles. The Morgan fingerprint density at radius 3 is 1.25 bits per heavy atom. The van der Waals surface area contributed by atoms with E-state index in [1.165, 1.54) is 44.5 Å². The highest BCUT2D eigenvalue weighted by Crippen LogP contribution is 2.29. The van der Waals surface area contributed by atoms with Gasteiger partial charge in [-0.15, -0.1) is 0 Å². The molecule has 0 saturated heterocycles. The van der Waals surface area contributed by atoms with Crippen molar-refractivity contribution in [2.75, 3.05) is 0 Å². The van der Waals surface area contributed by atoms with Crippen molar-refractivity contribution in [3.8, 4) is 11.1 Å². The van der Waals surface area contributed by atoms with E-state index in [0.29, 0.717) is 0 Å². The zero-order valence-corrected chi connectivity index (χ0v) is 13.7. The molecule has 0 amide bonds. The Balaban J connectivity index is 2.62. The van der Waals surface area contributed by atoms with Crippen molar-refractivity contribution in [2.45, 2.75) is 54.4 Å². The molecule has 2 rings (SSSR count). The molecule has 0 N–H and O–H groups in total. The van der Waals surface area contributed by atoms with Gasteiger partial charge >= 0.3 is 0 Å². The molecule has 0 nitrogen and oxygen atoms in total. The molecule has 0 aliphatic rings. The molecule has 2 aromatic rings. The lowest BCUT2D eigenvalue weighted by Gasteiger charge is -2.14. The zero-order chi connectivity index (χ0) is 14.9. The van der Waals surface area contributed by atoms with E-state index in [1.54, 1.807) is 0 Å². The molecule has 0 fully saturated rings. The van der Waals surface area contributed by atoms with Gasteiger partial charge in [0.25, 0.3) is 0 Å². The molecule has 106 valence electrons. The largest absolute Gasteiger partial charge is 0.0613 e. The van der Waals surface area contributed by atoms with Gasteiger partial charge in [0.05, 0.1) is 0 Å². The Hall–Kier alpha value is -1.56. The molecule has 0 radical (unpaired) electrons. The molecule has 0 bridgehead atoms. The van der Waals surface area contributed by atoms with Crippen LogP contribution in [0.3, 0.4) is 0 Å². The average molecular weight is 266 g/mol. The van der Waals surface area contributed by atoms with E-state index in [9.17, 15) is 0 Å². The van der Waals surface area contributed by atoms with Crippen molar-refractivity contribution in [1.82, 2.24) is 0 Å². The molecule has 0 aliphatic carbocycles. The minimum atomic E-state index is 1.10. The first-order valence-corrected chi connectivity index (χ1v) is 7.68. The molecular formula is C20H26. The summed E-state index contributed by atoms with van der Waals surface area (Å²) in [7, 11) is 0. The first-order chi connectivity index (χ1) is 9.47. The Morgan fingerprint density at radius 1 is 0.600 bits per heavy atom. The van der Waals surface area contributed by atoms with Gasteiger partial charge in [-0.2, -0.15) is 0 Å². The highest BCUT2D eigenvalue weighted by atomic mass is 14.1. The second kappa shape index (κ2) is 5.83. The lowest BCUT2D eigenvalue weighted by atomic mass is 9.91. The Labute approximate surface area is 123 Å². The number of hydrogen-bond acceptors (Lipinski definition) is 0. The number of benzene rings is 2. The minimum absolute atomic E-state index is 1.10. The molecule has 0 heterocycles. The van der Waals surface area contributed by atoms with Crippen LogP contribution in [0.25, 0.3) is 11.1 Å². The second-order valence-electron chi connectivity index (χ2n) is 5.86. The highest BCUT2D eigenvalue weighted by Gasteiger charge is 2.08. The Morgan fingerprint density at radius 2 is 0.950 bits per heavy atom. The van der Waals surface area contributed by atoms with Crippen molar-refractivity contribution in [3.63, 3.8) is 0 Å². The summed E-state index contributed by atoms with van der Waals surface area (Å²) < 4.78 is 0. The van der Waals surface area contributed by atoms with E-state index in [2.05, 4.69) is 65.8 Å². The minimum Gasteiger partial charge on any atom is -0.0613 e. The maximum Gasteiger partial charge on any atom is -0.0178 e. The van der Waals surface area contributed by atoms with Crippen LogP contribution in [0.5, 0.6) is 0 Å². The Bertz CT molecular complexity index is 575. The third-order valence-corrected chi connectivity index (χ3v) is 4.64. The van der Waals surface area contributed by atoms with Crippen LogP contribution in [-0.2, 0) is 12.8 Å². The molecule has 0 atom stereocenters. The third kappa shape index (κ3) is 2.65. The quantitative estimate of drug-likeness (QED) is 0.667. The van der Waals surface area contributed by atoms with Gasteiger partial charge in [-0.1, -0.05) is 38.1 Å². The van der Waals surface area contributed by atoms with Crippen LogP contribution in [0.2, 0.25) is 0 Å². The summed E-state index contributed by atoms with van der Waals surface area (Å²) in [4.78, 5) is 0. The summed E-state index contributed by atoms with van der Waals surface area (Å²) in [6.07, 6.45) is 2.21. The standard InChI is InChI=1S/C20H26/c1-7-17-11-19(9-13(3)15(17)5)20-10-14(4)16(6)18(8-2)12-20/h9-12H,7-8H2,1-6H3.